The minimum Gasteiger partial charge on any atom is -0.508 e. The maximum absolute atomic E-state index is 12.7. The second-order valence-corrected chi connectivity index (χ2v) is 3.24. The van der Waals surface area contributed by atoms with Gasteiger partial charge in [0.25, 0.3) is 6.43 Å². The number of aromatic hydroxyl groups is 1. The van der Waals surface area contributed by atoms with Crippen LogP contribution in [0.4, 0.5) is 13.2 Å². The number of halogens is 3. The van der Waals surface area contributed by atoms with E-state index in [1.54, 1.807) is 0 Å². The van der Waals surface area contributed by atoms with Crippen molar-refractivity contribution in [3.8, 4) is 5.75 Å². The molecule has 78 valence electrons. The zero-order valence-corrected chi connectivity index (χ0v) is 7.47. The third-order valence-electron chi connectivity index (χ3n) is 1.99. The first-order valence-electron chi connectivity index (χ1n) is 3.91. The molecule has 0 fully saturated rings. The van der Waals surface area contributed by atoms with Crippen LogP contribution in [0.5, 0.6) is 5.75 Å². The van der Waals surface area contributed by atoms with Crippen LogP contribution < -0.4 is 5.73 Å². The van der Waals surface area contributed by atoms with Crippen LogP contribution in [0.3, 0.4) is 0 Å². The Balaban J connectivity index is 3.24. The lowest BCUT2D eigenvalue weighted by Crippen LogP contribution is -2.40. The van der Waals surface area contributed by atoms with Gasteiger partial charge in [-0.25, -0.2) is 13.2 Å². The summed E-state index contributed by atoms with van der Waals surface area (Å²) in [6.45, 7) is 1.03. The van der Waals surface area contributed by atoms with Crippen molar-refractivity contribution in [2.45, 2.75) is 18.9 Å². The molecule has 0 bridgehead atoms. The molecule has 0 saturated carbocycles. The van der Waals surface area contributed by atoms with E-state index in [1.807, 2.05) is 0 Å². The van der Waals surface area contributed by atoms with Crippen LogP contribution in [0.15, 0.2) is 18.2 Å². The molecule has 0 aliphatic carbocycles. The average molecular weight is 205 g/mol. The fourth-order valence-electron chi connectivity index (χ4n) is 1.06. The number of nitrogens with two attached hydrogens (primary N) is 1. The number of benzene rings is 1. The quantitative estimate of drug-likeness (QED) is 0.775. The second-order valence-electron chi connectivity index (χ2n) is 3.24. The first-order valence-corrected chi connectivity index (χ1v) is 3.91. The molecule has 0 heterocycles. The van der Waals surface area contributed by atoms with Crippen LogP contribution in [-0.4, -0.2) is 11.5 Å². The Morgan fingerprint density at radius 2 is 2.00 bits per heavy atom. The molecule has 0 spiro atoms. The Kier molecular flexibility index (Phi) is 2.71. The Morgan fingerprint density at radius 3 is 2.50 bits per heavy atom. The summed E-state index contributed by atoms with van der Waals surface area (Å²) in [6.07, 6.45) is -2.88. The van der Waals surface area contributed by atoms with Crippen molar-refractivity contribution in [1.29, 1.82) is 0 Å². The molecule has 3 N–H and O–H groups in total. The van der Waals surface area contributed by atoms with Crippen molar-refractivity contribution in [3.05, 3.63) is 29.6 Å². The fraction of sp³-hybridized carbons (Fsp3) is 0.333. The van der Waals surface area contributed by atoms with Gasteiger partial charge in [0.05, 0.1) is 0 Å². The summed E-state index contributed by atoms with van der Waals surface area (Å²) >= 11 is 0. The van der Waals surface area contributed by atoms with Crippen molar-refractivity contribution in [3.63, 3.8) is 0 Å². The van der Waals surface area contributed by atoms with Gasteiger partial charge in [0.2, 0.25) is 0 Å². The largest absolute Gasteiger partial charge is 0.508 e. The topological polar surface area (TPSA) is 46.2 Å². The molecule has 0 saturated heterocycles. The van der Waals surface area contributed by atoms with Gasteiger partial charge in [-0.3, -0.25) is 0 Å². The minimum absolute atomic E-state index is 0.299. The highest BCUT2D eigenvalue weighted by molar-refractivity contribution is 5.38. The van der Waals surface area contributed by atoms with Gasteiger partial charge < -0.3 is 10.8 Å². The molecule has 1 unspecified atom stereocenters. The highest BCUT2D eigenvalue weighted by Gasteiger charge is 2.34. The van der Waals surface area contributed by atoms with Crippen molar-refractivity contribution >= 4 is 0 Å². The number of phenolic OH excluding ortho intramolecular Hbond substituents is 1. The third kappa shape index (κ3) is 1.82. The van der Waals surface area contributed by atoms with E-state index in [0.29, 0.717) is 0 Å². The molecule has 5 heteroatoms. The maximum atomic E-state index is 12.7. The lowest BCUT2D eigenvalue weighted by molar-refractivity contribution is 0.0609. The van der Waals surface area contributed by atoms with Gasteiger partial charge in [-0.1, -0.05) is 0 Å². The number of rotatable bonds is 2. The molecule has 2 nitrogen and oxygen atoms in total. The summed E-state index contributed by atoms with van der Waals surface area (Å²) in [5.74, 6) is -1.15. The number of phenols is 1. The average Bonchev–Trinajstić information content (AvgIpc) is 2.08. The molecule has 0 aliphatic rings. The van der Waals surface area contributed by atoms with E-state index >= 15 is 0 Å². The van der Waals surface area contributed by atoms with E-state index in [2.05, 4.69) is 0 Å². The van der Waals surface area contributed by atoms with Crippen LogP contribution >= 0.6 is 0 Å². The van der Waals surface area contributed by atoms with Gasteiger partial charge in [-0.05, 0) is 25.1 Å². The van der Waals surface area contributed by atoms with Crippen LogP contribution in [-0.2, 0) is 5.54 Å². The monoisotopic (exact) mass is 205 g/mol. The van der Waals surface area contributed by atoms with Crippen LogP contribution in [0.25, 0.3) is 0 Å². The van der Waals surface area contributed by atoms with E-state index in [4.69, 9.17) is 5.73 Å². The Hall–Kier alpha value is -1.23. The van der Waals surface area contributed by atoms with E-state index in [-0.39, 0.29) is 5.56 Å². The van der Waals surface area contributed by atoms with Crippen LogP contribution in [0.1, 0.15) is 12.5 Å². The predicted octanol–water partition coefficient (Wildman–Crippen LogP) is 1.97. The third-order valence-corrected chi connectivity index (χ3v) is 1.99. The predicted molar refractivity (Wildman–Crippen MR) is 45.6 cm³/mol. The standard InChI is InChI=1S/C9H10F3NO/c1-9(13,8(11)12)6-4-5(10)2-3-7(6)14/h2-4,8,14H,13H2,1H3. The van der Waals surface area contributed by atoms with Crippen molar-refractivity contribution in [1.82, 2.24) is 0 Å². The molecule has 0 radical (unpaired) electrons. The number of hydrogen-bond acceptors (Lipinski definition) is 2. The summed E-state index contributed by atoms with van der Waals surface area (Å²) in [7, 11) is 0. The van der Waals surface area contributed by atoms with Gasteiger partial charge >= 0.3 is 0 Å². The highest BCUT2D eigenvalue weighted by atomic mass is 19.3. The van der Waals surface area contributed by atoms with Crippen molar-refractivity contribution < 1.29 is 18.3 Å². The van der Waals surface area contributed by atoms with Gasteiger partial charge in [0.15, 0.2) is 0 Å². The zero-order valence-electron chi connectivity index (χ0n) is 7.47. The highest BCUT2D eigenvalue weighted by Crippen LogP contribution is 2.32. The minimum atomic E-state index is -2.88. The summed E-state index contributed by atoms with van der Waals surface area (Å²) in [5.41, 5.74) is 2.93. The van der Waals surface area contributed by atoms with Gasteiger partial charge in [0, 0.05) is 5.56 Å². The lowest BCUT2D eigenvalue weighted by atomic mass is 9.93. The summed E-state index contributed by atoms with van der Waals surface area (Å²) < 4.78 is 37.6. The first-order chi connectivity index (χ1) is 6.35. The summed E-state index contributed by atoms with van der Waals surface area (Å²) in [6, 6.07) is 2.78. The summed E-state index contributed by atoms with van der Waals surface area (Å²) in [5, 5.41) is 9.24. The smallest absolute Gasteiger partial charge is 0.260 e. The van der Waals surface area contributed by atoms with Gasteiger partial charge in [-0.2, -0.15) is 0 Å². The fourth-order valence-corrected chi connectivity index (χ4v) is 1.06. The summed E-state index contributed by atoms with van der Waals surface area (Å²) in [4.78, 5) is 0. The molecular weight excluding hydrogens is 195 g/mol. The zero-order chi connectivity index (χ0) is 10.9. The van der Waals surface area contributed by atoms with Crippen LogP contribution in [0, 0.1) is 5.82 Å². The Bertz CT molecular complexity index is 339. The molecular formula is C9H10F3NO. The number of hydrogen-bond donors (Lipinski definition) is 2. The molecule has 14 heavy (non-hydrogen) atoms. The van der Waals surface area contributed by atoms with E-state index in [1.165, 1.54) is 0 Å². The molecule has 0 aromatic heterocycles. The maximum Gasteiger partial charge on any atom is 0.260 e. The Labute approximate surface area is 79.2 Å². The second kappa shape index (κ2) is 3.49. The van der Waals surface area contributed by atoms with E-state index in [9.17, 15) is 18.3 Å². The van der Waals surface area contributed by atoms with Crippen molar-refractivity contribution in [2.24, 2.45) is 5.73 Å². The van der Waals surface area contributed by atoms with Gasteiger partial charge in [-0.15, -0.1) is 0 Å². The van der Waals surface area contributed by atoms with Crippen molar-refractivity contribution in [2.75, 3.05) is 0 Å². The van der Waals surface area contributed by atoms with Gasteiger partial charge in [0.1, 0.15) is 17.1 Å². The molecule has 0 amide bonds. The molecule has 1 aromatic carbocycles. The molecule has 0 aliphatic heterocycles. The molecule has 1 rings (SSSR count). The van der Waals surface area contributed by atoms with Crippen LogP contribution in [0.2, 0.25) is 0 Å². The first kappa shape index (κ1) is 10.8. The Morgan fingerprint density at radius 1 is 1.43 bits per heavy atom. The SMILES string of the molecule is CC(N)(c1cc(F)ccc1O)C(F)F. The molecule has 1 atom stereocenters. The van der Waals surface area contributed by atoms with E-state index in [0.717, 1.165) is 25.1 Å². The number of alkyl halides is 2. The normalized spacial score (nSPS) is 15.6. The van der Waals surface area contributed by atoms with E-state index < -0.39 is 23.5 Å². The lowest BCUT2D eigenvalue weighted by Gasteiger charge is -2.24. The molecule has 1 aromatic rings.